The highest BCUT2D eigenvalue weighted by atomic mass is 16.5. The zero-order chi connectivity index (χ0) is 24.6. The molecule has 4 rings (SSSR count). The van der Waals surface area contributed by atoms with Crippen molar-refractivity contribution < 1.29 is 14.3 Å². The van der Waals surface area contributed by atoms with Gasteiger partial charge in [-0.15, -0.1) is 0 Å². The molecule has 0 saturated carbocycles. The van der Waals surface area contributed by atoms with Gasteiger partial charge in [0, 0.05) is 50.0 Å². The topological polar surface area (TPSA) is 96.7 Å². The molecule has 3 aromatic rings. The van der Waals surface area contributed by atoms with Crippen LogP contribution in [-0.2, 0) is 0 Å². The van der Waals surface area contributed by atoms with Gasteiger partial charge in [0.2, 0.25) is 0 Å². The Morgan fingerprint density at radius 3 is 2.49 bits per heavy atom. The predicted octanol–water partition coefficient (Wildman–Crippen LogP) is 3.47. The van der Waals surface area contributed by atoms with Crippen LogP contribution < -0.4 is 21.1 Å². The lowest BCUT2D eigenvalue weighted by atomic mass is 9.98. The fraction of sp³-hybridized carbons (Fsp3) is 0.286. The number of piperazine rings is 1. The Labute approximate surface area is 206 Å². The number of nitrogens with one attached hydrogen (secondary N) is 2. The lowest BCUT2D eigenvalue weighted by Crippen LogP contribution is -2.47. The summed E-state index contributed by atoms with van der Waals surface area (Å²) in [5.74, 6) is 0.139. The van der Waals surface area contributed by atoms with Gasteiger partial charge in [-0.3, -0.25) is 14.5 Å². The number of ether oxygens (including phenoxy) is 1. The number of para-hydroxylation sites is 2. The molecule has 0 aromatic heterocycles. The maximum atomic E-state index is 13.0. The van der Waals surface area contributed by atoms with Crippen molar-refractivity contribution in [1.29, 1.82) is 0 Å². The average molecular weight is 473 g/mol. The number of amides is 1. The summed E-state index contributed by atoms with van der Waals surface area (Å²) in [6.45, 7) is 6.66. The highest BCUT2D eigenvalue weighted by Crippen LogP contribution is 2.24. The number of ketones is 1. The molecular formula is C28H32N4O3. The zero-order valence-electron chi connectivity index (χ0n) is 20.0. The average Bonchev–Trinajstić information content (AvgIpc) is 2.89. The molecule has 0 bridgehead atoms. The number of anilines is 1. The minimum atomic E-state index is -0.432. The van der Waals surface area contributed by atoms with Gasteiger partial charge in [-0.05, 0) is 36.8 Å². The molecule has 0 radical (unpaired) electrons. The molecule has 1 saturated heterocycles. The van der Waals surface area contributed by atoms with Gasteiger partial charge in [0.15, 0.2) is 5.78 Å². The van der Waals surface area contributed by atoms with E-state index in [9.17, 15) is 9.59 Å². The quantitative estimate of drug-likeness (QED) is 0.391. The lowest BCUT2D eigenvalue weighted by molar-refractivity contribution is 0.0999. The first-order valence-corrected chi connectivity index (χ1v) is 12.0. The Balaban J connectivity index is 1.35. The molecule has 182 valence electrons. The molecule has 1 amide bonds. The summed E-state index contributed by atoms with van der Waals surface area (Å²) in [4.78, 5) is 27.0. The molecule has 0 aliphatic carbocycles. The zero-order valence-corrected chi connectivity index (χ0v) is 20.0. The van der Waals surface area contributed by atoms with Crippen molar-refractivity contribution in [1.82, 2.24) is 10.2 Å². The van der Waals surface area contributed by atoms with Crippen LogP contribution in [0.25, 0.3) is 0 Å². The number of nitrogens with zero attached hydrogens (tertiary/aromatic N) is 1. The number of rotatable bonds is 10. The molecule has 0 spiro atoms. The van der Waals surface area contributed by atoms with Crippen molar-refractivity contribution >= 4 is 17.4 Å². The van der Waals surface area contributed by atoms with Gasteiger partial charge in [0.05, 0.1) is 17.7 Å². The molecule has 4 N–H and O–H groups in total. The molecular weight excluding hydrogens is 440 g/mol. The molecule has 35 heavy (non-hydrogen) atoms. The number of hydrogen-bond acceptors (Lipinski definition) is 6. The van der Waals surface area contributed by atoms with Gasteiger partial charge in [0.1, 0.15) is 5.75 Å². The largest absolute Gasteiger partial charge is 0.493 e. The van der Waals surface area contributed by atoms with Crippen LogP contribution in [0.1, 0.15) is 44.8 Å². The van der Waals surface area contributed by atoms with Gasteiger partial charge >= 0.3 is 0 Å². The Morgan fingerprint density at radius 1 is 1.03 bits per heavy atom. The molecule has 1 heterocycles. The Morgan fingerprint density at radius 2 is 1.74 bits per heavy atom. The second-order valence-electron chi connectivity index (χ2n) is 8.52. The van der Waals surface area contributed by atoms with E-state index in [0.717, 1.165) is 37.4 Å². The highest BCUT2D eigenvalue weighted by Gasteiger charge is 2.21. The van der Waals surface area contributed by atoms with Crippen LogP contribution >= 0.6 is 0 Å². The minimum Gasteiger partial charge on any atom is -0.493 e. The third kappa shape index (κ3) is 6.07. The number of hydrogen-bond donors (Lipinski definition) is 3. The van der Waals surface area contributed by atoms with Crippen molar-refractivity contribution in [3.8, 4) is 5.75 Å². The summed E-state index contributed by atoms with van der Waals surface area (Å²) >= 11 is 0. The van der Waals surface area contributed by atoms with Crippen LogP contribution in [0.3, 0.4) is 0 Å². The fourth-order valence-electron chi connectivity index (χ4n) is 4.40. The summed E-state index contributed by atoms with van der Waals surface area (Å²) in [5, 5.41) is 6.91. The van der Waals surface area contributed by atoms with Gasteiger partial charge in [-0.1, -0.05) is 48.5 Å². The Kier molecular flexibility index (Phi) is 8.13. The number of primary amides is 1. The lowest BCUT2D eigenvalue weighted by Gasteiger charge is -2.34. The normalized spacial score (nSPS) is 16.0. The van der Waals surface area contributed by atoms with Crippen molar-refractivity contribution in [2.45, 2.75) is 13.0 Å². The first kappa shape index (κ1) is 24.4. The summed E-state index contributed by atoms with van der Waals surface area (Å²) in [7, 11) is 0. The Hall–Kier alpha value is -3.68. The van der Waals surface area contributed by atoms with Crippen molar-refractivity contribution in [2.24, 2.45) is 5.73 Å². The molecule has 7 heteroatoms. The Bertz CT molecular complexity index is 1160. The molecule has 1 aliphatic heterocycles. The second-order valence-corrected chi connectivity index (χ2v) is 8.52. The molecule has 1 fully saturated rings. The summed E-state index contributed by atoms with van der Waals surface area (Å²) in [5.41, 5.74) is 9.11. The second kappa shape index (κ2) is 11.6. The fourth-order valence-corrected chi connectivity index (χ4v) is 4.40. The van der Waals surface area contributed by atoms with Crippen LogP contribution in [0.5, 0.6) is 5.75 Å². The van der Waals surface area contributed by atoms with Gasteiger partial charge < -0.3 is 21.1 Å². The van der Waals surface area contributed by atoms with Gasteiger partial charge in [-0.2, -0.15) is 0 Å². The van der Waals surface area contributed by atoms with E-state index in [1.165, 1.54) is 0 Å². The first-order chi connectivity index (χ1) is 17.1. The van der Waals surface area contributed by atoms with Crippen LogP contribution in [0.2, 0.25) is 0 Å². The molecule has 1 unspecified atom stereocenters. The summed E-state index contributed by atoms with van der Waals surface area (Å²) < 4.78 is 5.62. The van der Waals surface area contributed by atoms with E-state index >= 15 is 0 Å². The summed E-state index contributed by atoms with van der Waals surface area (Å²) in [6.07, 6.45) is 0. The third-order valence-corrected chi connectivity index (χ3v) is 6.20. The van der Waals surface area contributed by atoms with E-state index in [1.807, 2.05) is 67.6 Å². The van der Waals surface area contributed by atoms with Crippen LogP contribution in [0.15, 0.2) is 72.8 Å². The van der Waals surface area contributed by atoms with Gasteiger partial charge in [0.25, 0.3) is 5.91 Å². The maximum Gasteiger partial charge on any atom is 0.250 e. The van der Waals surface area contributed by atoms with Crippen LogP contribution in [0, 0.1) is 0 Å². The van der Waals surface area contributed by atoms with E-state index in [1.54, 1.807) is 12.1 Å². The number of benzene rings is 3. The smallest absolute Gasteiger partial charge is 0.250 e. The van der Waals surface area contributed by atoms with E-state index in [4.69, 9.17) is 10.5 Å². The third-order valence-electron chi connectivity index (χ3n) is 6.20. The number of carbonyl (C=O) groups excluding carboxylic acids is 2. The monoisotopic (exact) mass is 472 g/mol. The van der Waals surface area contributed by atoms with E-state index in [-0.39, 0.29) is 11.8 Å². The number of carbonyl (C=O) groups is 2. The number of nitrogens with two attached hydrogens (primary N) is 1. The summed E-state index contributed by atoms with van der Waals surface area (Å²) in [6, 6.07) is 22.7. The van der Waals surface area contributed by atoms with Crippen LogP contribution in [-0.4, -0.2) is 55.9 Å². The van der Waals surface area contributed by atoms with Crippen molar-refractivity contribution in [2.75, 3.05) is 44.6 Å². The molecule has 1 atom stereocenters. The molecule has 7 nitrogen and oxygen atoms in total. The van der Waals surface area contributed by atoms with Crippen molar-refractivity contribution in [3.05, 3.63) is 95.1 Å². The molecule has 1 aliphatic rings. The minimum absolute atomic E-state index is 0.0406. The maximum absolute atomic E-state index is 13.0. The SMILES string of the molecule is CCOc1ccccc1C(=O)c1ccc(C2CN(CCNc3ccccc3C(N)=O)CCN2)cc1. The van der Waals surface area contributed by atoms with E-state index < -0.39 is 5.91 Å². The van der Waals surface area contributed by atoms with Crippen LogP contribution in [0.4, 0.5) is 5.69 Å². The van der Waals surface area contributed by atoms with E-state index in [0.29, 0.717) is 35.6 Å². The van der Waals surface area contributed by atoms with E-state index in [2.05, 4.69) is 15.5 Å². The van der Waals surface area contributed by atoms with Gasteiger partial charge in [-0.25, -0.2) is 0 Å². The highest BCUT2D eigenvalue weighted by molar-refractivity contribution is 6.10. The molecule has 3 aromatic carbocycles. The van der Waals surface area contributed by atoms with Crippen molar-refractivity contribution in [3.63, 3.8) is 0 Å². The standard InChI is InChI=1S/C28H32N4O3/c1-2-35-26-10-6-4-8-23(26)27(33)21-13-11-20(12-14-21)25-19-32(18-16-31-25)17-15-30-24-9-5-3-7-22(24)28(29)34/h3-14,25,30-31H,2,15-19H2,1H3,(H2,29,34). The predicted molar refractivity (Wildman–Crippen MR) is 138 cm³/mol. The first-order valence-electron chi connectivity index (χ1n) is 12.0.